The number of rotatable bonds is 4. The van der Waals surface area contributed by atoms with Crippen LogP contribution in [0.1, 0.15) is 16.8 Å². The molecule has 0 unspecified atom stereocenters. The van der Waals surface area contributed by atoms with Gasteiger partial charge in [-0.2, -0.15) is 0 Å². The summed E-state index contributed by atoms with van der Waals surface area (Å²) in [6.45, 7) is 2.84. The Morgan fingerprint density at radius 2 is 2.00 bits per heavy atom. The van der Waals surface area contributed by atoms with E-state index in [4.69, 9.17) is 18.0 Å². The molecule has 1 aromatic carbocycles. The van der Waals surface area contributed by atoms with Crippen LogP contribution in [0.5, 0.6) is 0 Å². The van der Waals surface area contributed by atoms with Gasteiger partial charge in [0.1, 0.15) is 4.99 Å². The fourth-order valence-electron chi connectivity index (χ4n) is 1.59. The number of pyridine rings is 1. The monoisotopic (exact) mass is 257 g/mol. The van der Waals surface area contributed by atoms with E-state index in [0.717, 1.165) is 12.2 Å². The maximum Gasteiger partial charge on any atom is 0.122 e. The second kappa shape index (κ2) is 5.60. The molecule has 0 atom stereocenters. The van der Waals surface area contributed by atoms with Crippen molar-refractivity contribution in [2.24, 2.45) is 5.73 Å². The second-order valence-corrected chi connectivity index (χ2v) is 4.57. The van der Waals surface area contributed by atoms with Crippen LogP contribution >= 0.6 is 12.2 Å². The van der Waals surface area contributed by atoms with Crippen LogP contribution in [0.4, 0.5) is 5.69 Å². The van der Waals surface area contributed by atoms with E-state index in [-0.39, 0.29) is 0 Å². The number of nitrogens with zero attached hydrogens (tertiary/aromatic N) is 1. The molecular formula is C14H15N3S. The summed E-state index contributed by atoms with van der Waals surface area (Å²) in [4.78, 5) is 4.41. The van der Waals surface area contributed by atoms with Gasteiger partial charge in [-0.05, 0) is 24.6 Å². The smallest absolute Gasteiger partial charge is 0.122 e. The van der Waals surface area contributed by atoms with E-state index < -0.39 is 0 Å². The van der Waals surface area contributed by atoms with Crippen molar-refractivity contribution in [2.75, 3.05) is 5.32 Å². The lowest BCUT2D eigenvalue weighted by Gasteiger charge is -2.07. The number of nitrogens with one attached hydrogen (secondary N) is 1. The van der Waals surface area contributed by atoms with E-state index in [1.807, 2.05) is 12.1 Å². The first kappa shape index (κ1) is 12.5. The third-order valence-electron chi connectivity index (χ3n) is 2.63. The Kier molecular flexibility index (Phi) is 3.89. The summed E-state index contributed by atoms with van der Waals surface area (Å²) in [7, 11) is 0. The normalized spacial score (nSPS) is 10.1. The molecule has 2 aromatic rings. The van der Waals surface area contributed by atoms with Gasteiger partial charge in [-0.3, -0.25) is 4.98 Å². The van der Waals surface area contributed by atoms with Crippen LogP contribution in [0, 0.1) is 6.92 Å². The zero-order chi connectivity index (χ0) is 13.0. The van der Waals surface area contributed by atoms with Gasteiger partial charge in [0.2, 0.25) is 0 Å². The van der Waals surface area contributed by atoms with Crippen molar-refractivity contribution in [1.82, 2.24) is 4.98 Å². The Hall–Kier alpha value is -1.94. The third kappa shape index (κ3) is 3.28. The number of anilines is 1. The van der Waals surface area contributed by atoms with Gasteiger partial charge in [0.15, 0.2) is 0 Å². The van der Waals surface area contributed by atoms with Gasteiger partial charge in [-0.1, -0.05) is 42.0 Å². The first-order valence-electron chi connectivity index (χ1n) is 5.70. The van der Waals surface area contributed by atoms with E-state index in [1.54, 1.807) is 6.20 Å². The maximum atomic E-state index is 5.55. The molecule has 3 nitrogen and oxygen atoms in total. The molecule has 1 heterocycles. The molecule has 3 N–H and O–H groups in total. The highest BCUT2D eigenvalue weighted by atomic mass is 32.1. The zero-order valence-electron chi connectivity index (χ0n) is 10.2. The van der Waals surface area contributed by atoms with Gasteiger partial charge < -0.3 is 11.1 Å². The number of hydrogen-bond donors (Lipinski definition) is 2. The van der Waals surface area contributed by atoms with Crippen LogP contribution in [0.2, 0.25) is 0 Å². The van der Waals surface area contributed by atoms with Crippen LogP contribution in [-0.2, 0) is 6.54 Å². The van der Waals surface area contributed by atoms with Gasteiger partial charge in [0.25, 0.3) is 0 Å². The van der Waals surface area contributed by atoms with E-state index in [9.17, 15) is 0 Å². The van der Waals surface area contributed by atoms with Crippen molar-refractivity contribution in [2.45, 2.75) is 13.5 Å². The van der Waals surface area contributed by atoms with Crippen molar-refractivity contribution in [3.05, 3.63) is 59.4 Å². The minimum atomic E-state index is 0.314. The average Bonchev–Trinajstić information content (AvgIpc) is 2.38. The van der Waals surface area contributed by atoms with Crippen LogP contribution in [-0.4, -0.2) is 9.97 Å². The molecule has 0 fully saturated rings. The Bertz CT molecular complexity index is 549. The van der Waals surface area contributed by atoms with Gasteiger partial charge in [0.05, 0.1) is 5.69 Å². The molecule has 0 aliphatic carbocycles. The first-order chi connectivity index (χ1) is 8.65. The number of benzene rings is 1. The lowest BCUT2D eigenvalue weighted by atomic mass is 10.1. The van der Waals surface area contributed by atoms with Crippen LogP contribution in [0.25, 0.3) is 0 Å². The Morgan fingerprint density at radius 3 is 2.67 bits per heavy atom. The minimum absolute atomic E-state index is 0.314. The number of nitrogens with two attached hydrogens (primary N) is 1. The third-order valence-corrected chi connectivity index (χ3v) is 2.84. The van der Waals surface area contributed by atoms with Gasteiger partial charge >= 0.3 is 0 Å². The van der Waals surface area contributed by atoms with Crippen molar-refractivity contribution in [3.8, 4) is 0 Å². The van der Waals surface area contributed by atoms with Crippen molar-refractivity contribution < 1.29 is 0 Å². The second-order valence-electron chi connectivity index (χ2n) is 4.13. The summed E-state index contributed by atoms with van der Waals surface area (Å²) in [5, 5.41) is 3.32. The van der Waals surface area contributed by atoms with Crippen LogP contribution in [0.15, 0.2) is 42.6 Å². The predicted molar refractivity (Wildman–Crippen MR) is 78.6 cm³/mol. The molecule has 0 spiro atoms. The number of thiocarbonyl (C=S) groups is 1. The number of hydrogen-bond acceptors (Lipinski definition) is 3. The Morgan fingerprint density at radius 1 is 1.28 bits per heavy atom. The Labute approximate surface area is 112 Å². The maximum absolute atomic E-state index is 5.55. The molecule has 0 saturated heterocycles. The molecule has 2 rings (SSSR count). The summed E-state index contributed by atoms with van der Waals surface area (Å²) in [5.41, 5.74) is 9.64. The fourth-order valence-corrected chi connectivity index (χ4v) is 1.70. The number of aryl methyl sites for hydroxylation is 1. The molecule has 1 aromatic heterocycles. The summed E-state index contributed by atoms with van der Waals surface area (Å²) >= 11 is 4.90. The van der Waals surface area contributed by atoms with Gasteiger partial charge in [-0.15, -0.1) is 0 Å². The molecule has 0 saturated carbocycles. The molecule has 18 heavy (non-hydrogen) atoms. The quantitative estimate of drug-likeness (QED) is 0.827. The van der Waals surface area contributed by atoms with Crippen molar-refractivity contribution in [3.63, 3.8) is 0 Å². The predicted octanol–water partition coefficient (Wildman–Crippen LogP) is 2.64. The minimum Gasteiger partial charge on any atom is -0.388 e. The molecule has 0 radical (unpaired) electrons. The molecule has 0 bridgehead atoms. The van der Waals surface area contributed by atoms with E-state index in [0.29, 0.717) is 10.7 Å². The highest BCUT2D eigenvalue weighted by Crippen LogP contribution is 2.10. The van der Waals surface area contributed by atoms with E-state index >= 15 is 0 Å². The summed E-state index contributed by atoms with van der Waals surface area (Å²) in [6, 6.07) is 12.2. The zero-order valence-corrected chi connectivity index (χ0v) is 11.0. The van der Waals surface area contributed by atoms with Crippen molar-refractivity contribution >= 4 is 22.9 Å². The molecule has 4 heteroatoms. The van der Waals surface area contributed by atoms with E-state index in [1.165, 1.54) is 11.1 Å². The SMILES string of the molecule is Cc1ccc(CNc2ccnc(C(N)=S)c2)cc1. The lowest BCUT2D eigenvalue weighted by molar-refractivity contribution is 1.14. The molecule has 0 aliphatic heterocycles. The average molecular weight is 257 g/mol. The molecule has 92 valence electrons. The summed E-state index contributed by atoms with van der Waals surface area (Å²) in [5.74, 6) is 0. The highest BCUT2D eigenvalue weighted by Gasteiger charge is 1.99. The lowest BCUT2D eigenvalue weighted by Crippen LogP contribution is -2.12. The fraction of sp³-hybridized carbons (Fsp3) is 0.143. The first-order valence-corrected chi connectivity index (χ1v) is 6.11. The highest BCUT2D eigenvalue weighted by molar-refractivity contribution is 7.80. The molecule has 0 aliphatic rings. The van der Waals surface area contributed by atoms with E-state index in [2.05, 4.69) is 41.5 Å². The Balaban J connectivity index is 2.04. The summed E-state index contributed by atoms with van der Waals surface area (Å²) < 4.78 is 0. The molecular weight excluding hydrogens is 242 g/mol. The standard InChI is InChI=1S/C14H15N3S/c1-10-2-4-11(5-3-10)9-17-12-6-7-16-13(8-12)14(15)18/h2-8H,9H2,1H3,(H2,15,18)(H,16,17). The van der Waals surface area contributed by atoms with Gasteiger partial charge in [-0.25, -0.2) is 0 Å². The van der Waals surface area contributed by atoms with Crippen molar-refractivity contribution in [1.29, 1.82) is 0 Å². The van der Waals surface area contributed by atoms with Crippen LogP contribution in [0.3, 0.4) is 0 Å². The topological polar surface area (TPSA) is 50.9 Å². The summed E-state index contributed by atoms with van der Waals surface area (Å²) in [6.07, 6.45) is 1.70. The number of aromatic nitrogens is 1. The van der Waals surface area contributed by atoms with Crippen LogP contribution < -0.4 is 11.1 Å². The molecule has 0 amide bonds. The largest absolute Gasteiger partial charge is 0.388 e. The van der Waals surface area contributed by atoms with Gasteiger partial charge in [0, 0.05) is 18.4 Å².